The molecular formula is C24H27ClFN5O3. The number of hydrogen-bond donors (Lipinski definition) is 3. The molecule has 0 spiro atoms. The number of ether oxygens (including phenoxy) is 1. The topological polar surface area (TPSA) is 107 Å². The van der Waals surface area contributed by atoms with Crippen molar-refractivity contribution in [2.75, 3.05) is 13.1 Å². The predicted molar refractivity (Wildman–Crippen MR) is 128 cm³/mol. The van der Waals surface area contributed by atoms with Crippen molar-refractivity contribution in [2.45, 2.75) is 52.2 Å². The van der Waals surface area contributed by atoms with E-state index in [-0.39, 0.29) is 54.1 Å². The van der Waals surface area contributed by atoms with Gasteiger partial charge < -0.3 is 25.7 Å². The molecule has 1 aliphatic carbocycles. The van der Waals surface area contributed by atoms with E-state index in [4.69, 9.17) is 21.7 Å². The minimum absolute atomic E-state index is 0.0218. The predicted octanol–water partition coefficient (Wildman–Crippen LogP) is 3.48. The van der Waals surface area contributed by atoms with Gasteiger partial charge in [-0.05, 0) is 26.0 Å². The Labute approximate surface area is 202 Å². The first-order chi connectivity index (χ1) is 16.2. The molecule has 1 aromatic carbocycles. The number of allylic oxidation sites excluding steroid dienone is 2. The number of aliphatic imine (C=N–C) groups is 1. The number of rotatable bonds is 5. The summed E-state index contributed by atoms with van der Waals surface area (Å²) in [4.78, 5) is 30.8. The summed E-state index contributed by atoms with van der Waals surface area (Å²) in [5.41, 5.74) is 2.49. The van der Waals surface area contributed by atoms with Crippen LogP contribution in [0.1, 0.15) is 50.4 Å². The molecule has 8 nitrogen and oxygen atoms in total. The minimum Gasteiger partial charge on any atom is -0.489 e. The number of nitrogens with zero attached hydrogens (tertiary/aromatic N) is 2. The molecule has 10 heteroatoms. The number of carbonyl (C=O) groups excluding carboxylic acids is 2. The van der Waals surface area contributed by atoms with Gasteiger partial charge in [0, 0.05) is 42.6 Å². The van der Waals surface area contributed by atoms with Gasteiger partial charge in [-0.15, -0.1) is 0 Å². The molecular weight excluding hydrogens is 461 g/mol. The summed E-state index contributed by atoms with van der Waals surface area (Å²) < 4.78 is 19.9. The summed E-state index contributed by atoms with van der Waals surface area (Å²) in [5, 5.41) is 14.9. The molecule has 3 N–H and O–H groups in total. The van der Waals surface area contributed by atoms with Gasteiger partial charge in [0.1, 0.15) is 23.5 Å². The summed E-state index contributed by atoms with van der Waals surface area (Å²) in [7, 11) is 0. The zero-order valence-electron chi connectivity index (χ0n) is 19.3. The van der Waals surface area contributed by atoms with Crippen LogP contribution in [0.2, 0.25) is 0 Å². The number of amides is 2. The third kappa shape index (κ3) is 4.84. The second kappa shape index (κ2) is 9.58. The van der Waals surface area contributed by atoms with E-state index in [1.54, 1.807) is 13.8 Å². The molecule has 2 fully saturated rings. The first-order valence-corrected chi connectivity index (χ1v) is 11.6. The maximum atomic E-state index is 14.0. The first kappa shape index (κ1) is 23.9. The summed E-state index contributed by atoms with van der Waals surface area (Å²) in [6.45, 7) is 5.69. The summed E-state index contributed by atoms with van der Waals surface area (Å²) in [6.07, 6.45) is 1.39. The molecule has 180 valence electrons. The quantitative estimate of drug-likeness (QED) is 0.591. The Morgan fingerprint density at radius 2 is 2.06 bits per heavy atom. The third-order valence-corrected chi connectivity index (χ3v) is 6.67. The van der Waals surface area contributed by atoms with Gasteiger partial charge in [0.25, 0.3) is 5.91 Å². The Hall–Kier alpha value is -3.20. The van der Waals surface area contributed by atoms with Crippen LogP contribution in [-0.2, 0) is 4.79 Å². The zero-order chi connectivity index (χ0) is 24.6. The van der Waals surface area contributed by atoms with Crippen LogP contribution in [0.4, 0.5) is 4.39 Å². The lowest BCUT2D eigenvalue weighted by molar-refractivity contribution is -0.122. The summed E-state index contributed by atoms with van der Waals surface area (Å²) in [5.74, 6) is -0.212. The van der Waals surface area contributed by atoms with Gasteiger partial charge in [-0.25, -0.2) is 9.38 Å². The van der Waals surface area contributed by atoms with E-state index in [2.05, 4.69) is 15.6 Å². The number of benzene rings is 1. The molecule has 0 radical (unpaired) electrons. The molecule has 1 aromatic rings. The average Bonchev–Trinajstić information content (AvgIpc) is 3.16. The molecule has 1 saturated carbocycles. The van der Waals surface area contributed by atoms with Crippen LogP contribution in [0.15, 0.2) is 45.3 Å². The monoisotopic (exact) mass is 487 g/mol. The Balaban J connectivity index is 1.48. The molecule has 3 aliphatic rings. The fraction of sp³-hybridized carbons (Fsp3) is 0.417. The van der Waals surface area contributed by atoms with Crippen molar-refractivity contribution in [1.82, 2.24) is 15.5 Å². The summed E-state index contributed by atoms with van der Waals surface area (Å²) in [6, 6.07) is 3.86. The molecule has 1 saturated heterocycles. The van der Waals surface area contributed by atoms with Crippen LogP contribution in [0, 0.1) is 11.2 Å². The number of halogens is 2. The molecule has 2 aliphatic heterocycles. The summed E-state index contributed by atoms with van der Waals surface area (Å²) >= 11 is 6.19. The Bertz CT molecular complexity index is 1150. The van der Waals surface area contributed by atoms with E-state index in [0.29, 0.717) is 41.4 Å². The van der Waals surface area contributed by atoms with Crippen LogP contribution in [-0.4, -0.2) is 53.4 Å². The van der Waals surface area contributed by atoms with Crippen molar-refractivity contribution in [3.63, 3.8) is 0 Å². The van der Waals surface area contributed by atoms with Gasteiger partial charge >= 0.3 is 0 Å². The molecule has 0 aromatic heterocycles. The maximum Gasteiger partial charge on any atom is 0.258 e. The fourth-order valence-corrected chi connectivity index (χ4v) is 4.20. The van der Waals surface area contributed by atoms with Crippen molar-refractivity contribution in [3.8, 4) is 5.75 Å². The SMILES string of the molecule is CCC(=O)NC1CC(Oc2cc(F)ccc2C(=O)N2CC(=N)/C(=C3/N=C(C)C(Cl)=C(C)N3)C2)C1. The lowest BCUT2D eigenvalue weighted by Gasteiger charge is -2.36. The van der Waals surface area contributed by atoms with E-state index >= 15 is 0 Å². The average molecular weight is 488 g/mol. The smallest absolute Gasteiger partial charge is 0.258 e. The molecule has 0 unspecified atom stereocenters. The zero-order valence-corrected chi connectivity index (χ0v) is 20.1. The molecule has 0 bridgehead atoms. The standard InChI is InChI=1S/C24H27ClFN5O3/c1-4-21(32)30-15-8-16(9-15)34-20-7-14(26)5-6-17(20)24(33)31-10-18(19(27)11-31)23-28-12(2)22(25)13(3)29-23/h5-7,15-16,27-28H,4,8-11H2,1-3H3,(H,30,32)/b23-18+,27-19?. The van der Waals surface area contributed by atoms with Crippen molar-refractivity contribution < 1.29 is 18.7 Å². The maximum absolute atomic E-state index is 14.0. The third-order valence-electron chi connectivity index (χ3n) is 6.12. The largest absolute Gasteiger partial charge is 0.489 e. The normalized spacial score (nSPS) is 24.4. The van der Waals surface area contributed by atoms with Crippen molar-refractivity contribution in [3.05, 3.63) is 51.7 Å². The number of carbonyl (C=O) groups is 2. The highest BCUT2D eigenvalue weighted by molar-refractivity contribution is 6.43. The minimum atomic E-state index is -0.506. The highest BCUT2D eigenvalue weighted by Crippen LogP contribution is 2.31. The van der Waals surface area contributed by atoms with E-state index in [1.165, 1.54) is 23.1 Å². The Morgan fingerprint density at radius 1 is 1.32 bits per heavy atom. The van der Waals surface area contributed by atoms with Crippen LogP contribution in [0.5, 0.6) is 5.75 Å². The Kier molecular flexibility index (Phi) is 6.74. The van der Waals surface area contributed by atoms with Crippen molar-refractivity contribution >= 4 is 34.8 Å². The van der Waals surface area contributed by atoms with E-state index in [0.717, 1.165) is 5.70 Å². The van der Waals surface area contributed by atoms with Crippen molar-refractivity contribution in [1.29, 1.82) is 5.41 Å². The molecule has 2 amide bonds. The van der Waals surface area contributed by atoms with Gasteiger partial charge in [0.15, 0.2) is 0 Å². The molecule has 0 atom stereocenters. The number of likely N-dealkylation sites (tertiary alicyclic amines) is 1. The van der Waals surface area contributed by atoms with Gasteiger partial charge in [-0.2, -0.15) is 0 Å². The van der Waals surface area contributed by atoms with Crippen LogP contribution in [0.3, 0.4) is 0 Å². The molecule has 34 heavy (non-hydrogen) atoms. The first-order valence-electron chi connectivity index (χ1n) is 11.2. The highest BCUT2D eigenvalue weighted by atomic mass is 35.5. The van der Waals surface area contributed by atoms with E-state index in [1.807, 2.05) is 6.92 Å². The van der Waals surface area contributed by atoms with Crippen LogP contribution < -0.4 is 15.4 Å². The second-order valence-electron chi connectivity index (χ2n) is 8.70. The fourth-order valence-electron chi connectivity index (χ4n) is 4.11. The Morgan fingerprint density at radius 3 is 2.74 bits per heavy atom. The van der Waals surface area contributed by atoms with Crippen molar-refractivity contribution in [2.24, 2.45) is 4.99 Å². The van der Waals surface area contributed by atoms with Crippen LogP contribution >= 0.6 is 11.6 Å². The van der Waals surface area contributed by atoms with E-state index in [9.17, 15) is 14.0 Å². The highest BCUT2D eigenvalue weighted by Gasteiger charge is 2.35. The lowest BCUT2D eigenvalue weighted by Crippen LogP contribution is -2.49. The molecule has 4 rings (SSSR count). The van der Waals surface area contributed by atoms with Gasteiger partial charge in [0.05, 0.1) is 35.1 Å². The van der Waals surface area contributed by atoms with Gasteiger partial charge in [-0.1, -0.05) is 18.5 Å². The lowest BCUT2D eigenvalue weighted by atomic mass is 9.89. The van der Waals surface area contributed by atoms with Gasteiger partial charge in [-0.3, -0.25) is 9.59 Å². The van der Waals surface area contributed by atoms with Crippen LogP contribution in [0.25, 0.3) is 0 Å². The number of nitrogens with one attached hydrogen (secondary N) is 3. The molecule has 2 heterocycles. The second-order valence-corrected chi connectivity index (χ2v) is 9.08. The van der Waals surface area contributed by atoms with Gasteiger partial charge in [0.2, 0.25) is 5.91 Å². The van der Waals surface area contributed by atoms with E-state index < -0.39 is 5.82 Å². The number of hydrogen-bond acceptors (Lipinski definition) is 6.